The number of hydrogen-bond donors (Lipinski definition) is 0. The lowest BCUT2D eigenvalue weighted by Crippen LogP contribution is -2.51. The molecule has 0 radical (unpaired) electrons. The third-order valence-corrected chi connectivity index (χ3v) is 11.1. The van der Waals surface area contributed by atoms with E-state index in [1.807, 2.05) is 0 Å². The molecule has 2 atom stereocenters. The standard InChI is InChI=1S/C38H54N4O2/c1-39-27-34(26-36(29-39)38(44)42-22-14-33(15-23-42)25-31-10-6-3-7-11-31)28-40-18-16-35(17-19-40)37(43)41-20-12-32(13-21-41)24-30-8-4-2-5-9-30/h2-11,32-36H,12-29H2,1H3. The van der Waals surface area contributed by atoms with Gasteiger partial charge in [-0.05, 0) is 107 Å². The highest BCUT2D eigenvalue weighted by Crippen LogP contribution is 2.30. The summed E-state index contributed by atoms with van der Waals surface area (Å²) in [6.07, 6.45) is 9.71. The van der Waals surface area contributed by atoms with E-state index in [0.717, 1.165) is 117 Å². The minimum Gasteiger partial charge on any atom is -0.342 e. The molecule has 0 aliphatic carbocycles. The highest BCUT2D eigenvalue weighted by molar-refractivity contribution is 5.79. The molecule has 2 amide bonds. The molecule has 4 heterocycles. The zero-order chi connectivity index (χ0) is 30.3. The molecule has 6 rings (SSSR count). The summed E-state index contributed by atoms with van der Waals surface area (Å²) in [5.41, 5.74) is 2.84. The van der Waals surface area contributed by atoms with E-state index in [1.54, 1.807) is 0 Å². The van der Waals surface area contributed by atoms with Gasteiger partial charge >= 0.3 is 0 Å². The minimum absolute atomic E-state index is 0.119. The van der Waals surface area contributed by atoms with Crippen LogP contribution in [0.1, 0.15) is 56.1 Å². The maximum Gasteiger partial charge on any atom is 0.226 e. The lowest BCUT2D eigenvalue weighted by atomic mass is 9.85. The average Bonchev–Trinajstić information content (AvgIpc) is 3.06. The SMILES string of the molecule is CN1CC(CN2CCC(C(=O)N3CCC(Cc4ccccc4)CC3)CC2)CC(C(=O)N2CCC(Cc3ccccc3)CC2)C1. The Balaban J connectivity index is 0.908. The van der Waals surface area contributed by atoms with Crippen LogP contribution >= 0.6 is 0 Å². The molecule has 4 aliphatic rings. The molecule has 238 valence electrons. The lowest BCUT2D eigenvalue weighted by Gasteiger charge is -2.42. The molecule has 2 aromatic rings. The first-order chi connectivity index (χ1) is 21.5. The van der Waals surface area contributed by atoms with Crippen LogP contribution in [-0.4, -0.2) is 97.4 Å². The van der Waals surface area contributed by atoms with Gasteiger partial charge in [0.05, 0.1) is 5.92 Å². The Morgan fingerprint density at radius 3 is 1.57 bits per heavy atom. The molecular formula is C38H54N4O2. The summed E-state index contributed by atoms with van der Waals surface area (Å²) in [5.74, 6) is 2.99. The molecule has 6 nitrogen and oxygen atoms in total. The Morgan fingerprint density at radius 2 is 1.07 bits per heavy atom. The van der Waals surface area contributed by atoms with Gasteiger partial charge < -0.3 is 19.6 Å². The number of benzene rings is 2. The zero-order valence-electron chi connectivity index (χ0n) is 27.0. The van der Waals surface area contributed by atoms with Gasteiger partial charge in [0.15, 0.2) is 0 Å². The van der Waals surface area contributed by atoms with Gasteiger partial charge in [-0.3, -0.25) is 9.59 Å². The van der Waals surface area contributed by atoms with Crippen LogP contribution < -0.4 is 0 Å². The number of rotatable bonds is 8. The van der Waals surface area contributed by atoms with Gasteiger partial charge in [-0.15, -0.1) is 0 Å². The quantitative estimate of drug-likeness (QED) is 0.418. The van der Waals surface area contributed by atoms with Crippen molar-refractivity contribution in [3.05, 3.63) is 71.8 Å². The maximum absolute atomic E-state index is 13.6. The van der Waals surface area contributed by atoms with Crippen LogP contribution in [0.3, 0.4) is 0 Å². The molecule has 2 unspecified atom stereocenters. The van der Waals surface area contributed by atoms with Gasteiger partial charge in [0.25, 0.3) is 0 Å². The monoisotopic (exact) mass is 598 g/mol. The second-order valence-corrected chi connectivity index (χ2v) is 14.5. The van der Waals surface area contributed by atoms with Crippen LogP contribution in [-0.2, 0) is 22.4 Å². The molecule has 0 N–H and O–H groups in total. The van der Waals surface area contributed by atoms with Crippen molar-refractivity contribution in [1.29, 1.82) is 0 Å². The Kier molecular flexibility index (Phi) is 10.7. The second-order valence-electron chi connectivity index (χ2n) is 14.5. The van der Waals surface area contributed by atoms with E-state index in [1.165, 1.54) is 11.1 Å². The van der Waals surface area contributed by atoms with E-state index in [2.05, 4.69) is 87.3 Å². The van der Waals surface area contributed by atoms with Crippen LogP contribution in [0, 0.1) is 29.6 Å². The minimum atomic E-state index is 0.119. The van der Waals surface area contributed by atoms with Gasteiger partial charge in [-0.2, -0.15) is 0 Å². The lowest BCUT2D eigenvalue weighted by molar-refractivity contribution is -0.140. The van der Waals surface area contributed by atoms with Gasteiger partial charge in [0.2, 0.25) is 11.8 Å². The summed E-state index contributed by atoms with van der Waals surface area (Å²) in [7, 11) is 2.19. The number of nitrogens with zero attached hydrogens (tertiary/aromatic N) is 4. The number of carbonyl (C=O) groups excluding carboxylic acids is 2. The van der Waals surface area contributed by atoms with Crippen LogP contribution in [0.4, 0.5) is 0 Å². The van der Waals surface area contributed by atoms with Crippen molar-refractivity contribution < 1.29 is 9.59 Å². The first kappa shape index (κ1) is 31.3. The van der Waals surface area contributed by atoms with Crippen LogP contribution in [0.2, 0.25) is 0 Å². The number of amides is 2. The number of hydrogen-bond acceptors (Lipinski definition) is 4. The first-order valence-electron chi connectivity index (χ1n) is 17.6. The number of likely N-dealkylation sites (tertiary alicyclic amines) is 4. The normalized spacial score (nSPS) is 25.3. The van der Waals surface area contributed by atoms with Gasteiger partial charge in [-0.25, -0.2) is 0 Å². The highest BCUT2D eigenvalue weighted by Gasteiger charge is 2.36. The third kappa shape index (κ3) is 8.31. The van der Waals surface area contributed by atoms with Crippen molar-refractivity contribution in [1.82, 2.24) is 19.6 Å². The summed E-state index contributed by atoms with van der Waals surface area (Å²) in [4.78, 5) is 36.3. The Morgan fingerprint density at radius 1 is 0.591 bits per heavy atom. The summed E-state index contributed by atoms with van der Waals surface area (Å²) >= 11 is 0. The number of carbonyl (C=O) groups is 2. The van der Waals surface area contributed by atoms with Crippen molar-refractivity contribution >= 4 is 11.8 Å². The fourth-order valence-corrected chi connectivity index (χ4v) is 8.61. The first-order valence-corrected chi connectivity index (χ1v) is 17.6. The Bertz CT molecular complexity index is 1180. The third-order valence-electron chi connectivity index (χ3n) is 11.1. The Labute approximate surface area is 265 Å². The maximum atomic E-state index is 13.6. The highest BCUT2D eigenvalue weighted by atomic mass is 16.2. The zero-order valence-corrected chi connectivity index (χ0v) is 27.0. The van der Waals surface area contributed by atoms with Gasteiger partial charge in [-0.1, -0.05) is 60.7 Å². The van der Waals surface area contributed by atoms with Crippen LogP contribution in [0.25, 0.3) is 0 Å². The predicted molar refractivity (Wildman–Crippen MR) is 177 cm³/mol. The van der Waals surface area contributed by atoms with Crippen LogP contribution in [0.15, 0.2) is 60.7 Å². The second kappa shape index (κ2) is 15.1. The summed E-state index contributed by atoms with van der Waals surface area (Å²) in [5, 5.41) is 0. The van der Waals surface area contributed by atoms with Crippen LogP contribution in [0.5, 0.6) is 0 Å². The fourth-order valence-electron chi connectivity index (χ4n) is 8.61. The molecule has 0 aromatic heterocycles. The average molecular weight is 599 g/mol. The molecule has 0 saturated carbocycles. The molecule has 0 bridgehead atoms. The topological polar surface area (TPSA) is 47.1 Å². The number of piperidine rings is 4. The summed E-state index contributed by atoms with van der Waals surface area (Å²) < 4.78 is 0. The molecule has 4 saturated heterocycles. The predicted octanol–water partition coefficient (Wildman–Crippen LogP) is 5.23. The van der Waals surface area contributed by atoms with E-state index in [9.17, 15) is 9.59 Å². The Hall–Kier alpha value is -2.70. The smallest absolute Gasteiger partial charge is 0.226 e. The van der Waals surface area contributed by atoms with Gasteiger partial charge in [0, 0.05) is 51.7 Å². The van der Waals surface area contributed by atoms with E-state index in [0.29, 0.717) is 29.6 Å². The fraction of sp³-hybridized carbons (Fsp3) is 0.632. The molecule has 0 spiro atoms. The van der Waals surface area contributed by atoms with Crippen molar-refractivity contribution in [2.24, 2.45) is 29.6 Å². The molecule has 2 aromatic carbocycles. The molecule has 44 heavy (non-hydrogen) atoms. The van der Waals surface area contributed by atoms with Crippen molar-refractivity contribution in [3.8, 4) is 0 Å². The molecule has 4 aliphatic heterocycles. The van der Waals surface area contributed by atoms with Crippen molar-refractivity contribution in [2.75, 3.05) is 66.0 Å². The van der Waals surface area contributed by atoms with E-state index < -0.39 is 0 Å². The largest absolute Gasteiger partial charge is 0.342 e. The van der Waals surface area contributed by atoms with Gasteiger partial charge in [0.1, 0.15) is 0 Å². The summed E-state index contributed by atoms with van der Waals surface area (Å²) in [6, 6.07) is 21.6. The summed E-state index contributed by atoms with van der Waals surface area (Å²) in [6.45, 7) is 8.69. The van der Waals surface area contributed by atoms with E-state index in [4.69, 9.17) is 0 Å². The molecule has 4 fully saturated rings. The molecule has 6 heteroatoms. The van der Waals surface area contributed by atoms with Crippen molar-refractivity contribution in [3.63, 3.8) is 0 Å². The van der Waals surface area contributed by atoms with E-state index >= 15 is 0 Å². The molecular weight excluding hydrogens is 544 g/mol. The van der Waals surface area contributed by atoms with Crippen molar-refractivity contribution in [2.45, 2.75) is 57.8 Å². The van der Waals surface area contributed by atoms with E-state index in [-0.39, 0.29) is 11.8 Å².